The van der Waals surface area contributed by atoms with Crippen LogP contribution in [0.5, 0.6) is 0 Å². The monoisotopic (exact) mass is 468 g/mol. The van der Waals surface area contributed by atoms with Crippen LogP contribution in [0.3, 0.4) is 0 Å². The van der Waals surface area contributed by atoms with E-state index < -0.39 is 11.7 Å². The normalized spacial score (nSPS) is 24.3. The highest BCUT2D eigenvalue weighted by molar-refractivity contribution is 6.07. The molecule has 2 aliphatic rings. The molecule has 33 heavy (non-hydrogen) atoms. The van der Waals surface area contributed by atoms with Gasteiger partial charge in [0.2, 0.25) is 5.76 Å². The van der Waals surface area contributed by atoms with Crippen LogP contribution in [0.4, 0.5) is 18.9 Å². The molecule has 1 fully saturated rings. The topological polar surface area (TPSA) is 55.2 Å². The van der Waals surface area contributed by atoms with Crippen LogP contribution in [0, 0.1) is 5.92 Å². The lowest BCUT2D eigenvalue weighted by atomic mass is 9.77. The van der Waals surface area contributed by atoms with Gasteiger partial charge in [-0.25, -0.2) is 0 Å². The molecule has 0 atom stereocenters. The lowest BCUT2D eigenvalue weighted by molar-refractivity contribution is -0.137. The van der Waals surface area contributed by atoms with Gasteiger partial charge in [-0.1, -0.05) is 0 Å². The Morgan fingerprint density at radius 3 is 2.55 bits per heavy atom. The number of hydrogen-bond donors (Lipinski definition) is 0. The molecule has 1 aliphatic carbocycles. The van der Waals surface area contributed by atoms with E-state index in [-0.39, 0.29) is 17.3 Å². The lowest BCUT2D eigenvalue weighted by Crippen LogP contribution is -2.41. The van der Waals surface area contributed by atoms with E-state index in [1.54, 1.807) is 26.2 Å². The van der Waals surface area contributed by atoms with Crippen LogP contribution >= 0.6 is 0 Å². The number of likely N-dealkylation sites (N-methyl/N-ethyl adjacent to an activating group) is 1. The number of nitrogens with zero attached hydrogens (tertiary/aromatic N) is 2. The van der Waals surface area contributed by atoms with Gasteiger partial charge in [0.15, 0.2) is 0 Å². The smallest absolute Gasteiger partial charge is 0.416 e. The Kier molecular flexibility index (Phi) is 6.64. The second-order valence-electron chi connectivity index (χ2n) is 9.25. The fourth-order valence-electron chi connectivity index (χ4n) is 5.10. The highest BCUT2D eigenvalue weighted by Gasteiger charge is 2.37. The zero-order chi connectivity index (χ0) is 23.8. The van der Waals surface area contributed by atoms with Crippen molar-refractivity contribution in [3.05, 3.63) is 29.5 Å². The standard InChI is InChI=1S/C24H31F3N2O4/c1-28-12-13-29(11-8-16-6-9-23(32-3,10-7-16)15-31-2)20-18-14-17(24(25,26)27)4-5-19(18)33-21(20)22(28)30/h4-5,14,16H,6-13,15H2,1-3H3. The first-order valence-electron chi connectivity index (χ1n) is 11.4. The van der Waals surface area contributed by atoms with Crippen LogP contribution in [0.25, 0.3) is 11.0 Å². The molecule has 0 N–H and O–H groups in total. The zero-order valence-electron chi connectivity index (χ0n) is 19.3. The fourth-order valence-corrected chi connectivity index (χ4v) is 5.10. The van der Waals surface area contributed by atoms with Crippen molar-refractivity contribution in [1.82, 2.24) is 4.90 Å². The minimum absolute atomic E-state index is 0.117. The van der Waals surface area contributed by atoms with E-state index in [2.05, 4.69) is 0 Å². The zero-order valence-corrected chi connectivity index (χ0v) is 19.3. The van der Waals surface area contributed by atoms with Crippen molar-refractivity contribution in [2.75, 3.05) is 52.4 Å². The highest BCUT2D eigenvalue weighted by Crippen LogP contribution is 2.41. The minimum atomic E-state index is -4.47. The molecule has 2 aromatic rings. The van der Waals surface area contributed by atoms with Crippen molar-refractivity contribution in [2.45, 2.75) is 43.9 Å². The largest absolute Gasteiger partial charge is 0.449 e. The highest BCUT2D eigenvalue weighted by atomic mass is 19.4. The number of hydrogen-bond acceptors (Lipinski definition) is 5. The maximum absolute atomic E-state index is 13.4. The molecule has 1 amide bonds. The minimum Gasteiger partial charge on any atom is -0.449 e. The Labute approximate surface area is 191 Å². The summed E-state index contributed by atoms with van der Waals surface area (Å²) in [6.07, 6.45) is 0.251. The van der Waals surface area contributed by atoms with Crippen molar-refractivity contribution < 1.29 is 31.9 Å². The average molecular weight is 469 g/mol. The molecule has 1 saturated carbocycles. The molecule has 1 aromatic heterocycles. The van der Waals surface area contributed by atoms with E-state index in [4.69, 9.17) is 13.9 Å². The molecule has 0 spiro atoms. The van der Waals surface area contributed by atoms with E-state index in [0.717, 1.165) is 44.2 Å². The third-order valence-corrected chi connectivity index (χ3v) is 7.22. The maximum Gasteiger partial charge on any atom is 0.416 e. The molecule has 4 rings (SSSR count). The SMILES string of the molecule is COCC1(OC)CCC(CCN2CCN(C)C(=O)c3oc4ccc(C(F)(F)F)cc4c32)CC1. The van der Waals surface area contributed by atoms with Crippen molar-refractivity contribution >= 4 is 22.6 Å². The summed E-state index contributed by atoms with van der Waals surface area (Å²) in [6, 6.07) is 3.40. The van der Waals surface area contributed by atoms with Gasteiger partial charge in [-0.05, 0) is 56.2 Å². The Bertz CT molecular complexity index is 995. The van der Waals surface area contributed by atoms with E-state index in [0.29, 0.717) is 48.8 Å². The van der Waals surface area contributed by atoms with E-state index >= 15 is 0 Å². The first kappa shape index (κ1) is 23.9. The fraction of sp³-hybridized carbons (Fsp3) is 0.625. The molecule has 0 radical (unpaired) electrons. The number of furan rings is 1. The van der Waals surface area contributed by atoms with E-state index in [1.165, 1.54) is 6.07 Å². The van der Waals surface area contributed by atoms with Crippen molar-refractivity contribution in [3.8, 4) is 0 Å². The first-order valence-corrected chi connectivity index (χ1v) is 11.4. The van der Waals surface area contributed by atoms with Gasteiger partial charge >= 0.3 is 6.18 Å². The summed E-state index contributed by atoms with van der Waals surface area (Å²) in [5.74, 6) is 0.292. The van der Waals surface area contributed by atoms with Gasteiger partial charge in [0.1, 0.15) is 5.58 Å². The number of anilines is 1. The number of carbonyl (C=O) groups excluding carboxylic acids is 1. The number of methoxy groups -OCH3 is 2. The molecule has 6 nitrogen and oxygen atoms in total. The van der Waals surface area contributed by atoms with Crippen molar-refractivity contribution in [2.24, 2.45) is 5.92 Å². The Morgan fingerprint density at radius 2 is 1.91 bits per heavy atom. The second-order valence-corrected chi connectivity index (χ2v) is 9.25. The molecule has 182 valence electrons. The van der Waals surface area contributed by atoms with Gasteiger partial charge in [-0.15, -0.1) is 0 Å². The molecular weight excluding hydrogens is 437 g/mol. The molecule has 0 bridgehead atoms. The van der Waals surface area contributed by atoms with Crippen LogP contribution in [-0.2, 0) is 15.7 Å². The quantitative estimate of drug-likeness (QED) is 0.600. The summed E-state index contributed by atoms with van der Waals surface area (Å²) < 4.78 is 57.0. The van der Waals surface area contributed by atoms with Gasteiger partial charge in [0.25, 0.3) is 5.91 Å². The molecular formula is C24H31F3N2O4. The Morgan fingerprint density at radius 1 is 1.18 bits per heavy atom. The number of ether oxygens (including phenoxy) is 2. The Hall–Kier alpha value is -2.26. The third kappa shape index (κ3) is 4.71. The van der Waals surface area contributed by atoms with E-state index in [9.17, 15) is 18.0 Å². The number of benzene rings is 1. The lowest BCUT2D eigenvalue weighted by Gasteiger charge is -2.39. The number of carbonyl (C=O) groups is 1. The molecule has 0 unspecified atom stereocenters. The summed E-state index contributed by atoms with van der Waals surface area (Å²) in [7, 11) is 5.09. The number of halogens is 3. The van der Waals surface area contributed by atoms with Gasteiger partial charge < -0.3 is 23.7 Å². The summed E-state index contributed by atoms with van der Waals surface area (Å²) in [6.45, 7) is 2.24. The molecule has 0 saturated heterocycles. The van der Waals surface area contributed by atoms with Gasteiger partial charge in [0, 0.05) is 46.3 Å². The first-order chi connectivity index (χ1) is 15.7. The number of rotatable bonds is 6. The van der Waals surface area contributed by atoms with Crippen molar-refractivity contribution in [3.63, 3.8) is 0 Å². The van der Waals surface area contributed by atoms with Crippen LogP contribution in [0.1, 0.15) is 48.2 Å². The van der Waals surface area contributed by atoms with Crippen molar-refractivity contribution in [1.29, 1.82) is 0 Å². The molecule has 9 heteroatoms. The van der Waals surface area contributed by atoms with Gasteiger partial charge in [-0.2, -0.15) is 13.2 Å². The summed E-state index contributed by atoms with van der Waals surface area (Å²) >= 11 is 0. The van der Waals surface area contributed by atoms with Crippen LogP contribution < -0.4 is 4.90 Å². The average Bonchev–Trinajstić information content (AvgIpc) is 3.12. The van der Waals surface area contributed by atoms with Crippen LogP contribution in [-0.4, -0.2) is 63.9 Å². The number of fused-ring (bicyclic) bond motifs is 3. The molecule has 1 aromatic carbocycles. The number of alkyl halides is 3. The number of amides is 1. The van der Waals surface area contributed by atoms with Gasteiger partial charge in [-0.3, -0.25) is 4.79 Å². The summed E-state index contributed by atoms with van der Waals surface area (Å²) in [4.78, 5) is 16.4. The van der Waals surface area contributed by atoms with Crippen LogP contribution in [0.15, 0.2) is 22.6 Å². The maximum atomic E-state index is 13.4. The second kappa shape index (κ2) is 9.18. The summed E-state index contributed by atoms with van der Waals surface area (Å²) in [5.41, 5.74) is -0.203. The predicted octanol–water partition coefficient (Wildman–Crippen LogP) is 4.96. The third-order valence-electron chi connectivity index (χ3n) is 7.22. The molecule has 1 aliphatic heterocycles. The van der Waals surface area contributed by atoms with Gasteiger partial charge in [0.05, 0.1) is 23.5 Å². The molecule has 2 heterocycles. The van der Waals surface area contributed by atoms with E-state index in [1.807, 2.05) is 4.90 Å². The Balaban J connectivity index is 1.57. The summed E-state index contributed by atoms with van der Waals surface area (Å²) in [5, 5.41) is 0.339. The predicted molar refractivity (Wildman–Crippen MR) is 119 cm³/mol. The van der Waals surface area contributed by atoms with Crippen LogP contribution in [0.2, 0.25) is 0 Å².